The molecule has 1 fully saturated rings. The van der Waals surface area contributed by atoms with E-state index >= 15 is 0 Å². The van der Waals surface area contributed by atoms with Crippen LogP contribution in [-0.2, 0) is 4.79 Å². The first-order valence-electron chi connectivity index (χ1n) is 7.78. The summed E-state index contributed by atoms with van der Waals surface area (Å²) >= 11 is 0. The number of rotatable bonds is 5. The molecule has 1 aromatic rings. The van der Waals surface area contributed by atoms with Crippen LogP contribution in [0.5, 0.6) is 0 Å². The van der Waals surface area contributed by atoms with Gasteiger partial charge in [-0.25, -0.2) is 0 Å². The third kappa shape index (κ3) is 4.07. The number of hydrogen-bond acceptors (Lipinski definition) is 2. The van der Waals surface area contributed by atoms with Gasteiger partial charge in [-0.2, -0.15) is 0 Å². The smallest absolute Gasteiger partial charge is 0.226 e. The quantitative estimate of drug-likeness (QED) is 0.894. The van der Waals surface area contributed by atoms with Crippen molar-refractivity contribution in [3.63, 3.8) is 0 Å². The van der Waals surface area contributed by atoms with Gasteiger partial charge in [-0.15, -0.1) is 0 Å². The van der Waals surface area contributed by atoms with Gasteiger partial charge in [0, 0.05) is 18.7 Å². The molecule has 1 aliphatic rings. The third-order valence-corrected chi connectivity index (χ3v) is 4.10. The Labute approximate surface area is 122 Å². The molecule has 2 rings (SSSR count). The predicted octanol–water partition coefficient (Wildman–Crippen LogP) is 3.13. The van der Waals surface area contributed by atoms with E-state index < -0.39 is 0 Å². The first kappa shape index (κ1) is 15.0. The summed E-state index contributed by atoms with van der Waals surface area (Å²) in [6, 6.07) is 8.20. The van der Waals surface area contributed by atoms with E-state index in [-0.39, 0.29) is 5.91 Å². The predicted molar refractivity (Wildman–Crippen MR) is 84.0 cm³/mol. The van der Waals surface area contributed by atoms with E-state index in [1.165, 1.54) is 18.4 Å². The molecule has 1 N–H and O–H groups in total. The zero-order valence-electron chi connectivity index (χ0n) is 12.7. The minimum absolute atomic E-state index is 0.253. The minimum atomic E-state index is 0.253. The molecule has 20 heavy (non-hydrogen) atoms. The van der Waals surface area contributed by atoms with E-state index in [9.17, 15) is 4.79 Å². The molecule has 1 heterocycles. The standard InChI is InChI=1S/C17H26N2O/c1-3-19(16-8-4-6-14(2)12-16)17(20)10-9-15-7-5-11-18-13-15/h4,6,8,12,15,18H,3,5,7,9-11,13H2,1-2H3. The summed E-state index contributed by atoms with van der Waals surface area (Å²) in [4.78, 5) is 14.3. The van der Waals surface area contributed by atoms with Gasteiger partial charge in [0.1, 0.15) is 0 Å². The Morgan fingerprint density at radius 1 is 1.45 bits per heavy atom. The maximum absolute atomic E-state index is 12.4. The summed E-state index contributed by atoms with van der Waals surface area (Å²) in [6.45, 7) is 7.06. The van der Waals surface area contributed by atoms with Crippen LogP contribution < -0.4 is 10.2 Å². The van der Waals surface area contributed by atoms with Crippen LogP contribution in [0.1, 0.15) is 38.2 Å². The lowest BCUT2D eigenvalue weighted by Crippen LogP contribution is -2.33. The lowest BCUT2D eigenvalue weighted by molar-refractivity contribution is -0.118. The molecule has 1 amide bonds. The molecule has 3 heteroatoms. The Morgan fingerprint density at radius 2 is 2.30 bits per heavy atom. The highest BCUT2D eigenvalue weighted by Crippen LogP contribution is 2.20. The molecule has 1 unspecified atom stereocenters. The van der Waals surface area contributed by atoms with Crippen molar-refractivity contribution < 1.29 is 4.79 Å². The number of hydrogen-bond donors (Lipinski definition) is 1. The molecular weight excluding hydrogens is 248 g/mol. The van der Waals surface area contributed by atoms with Crippen LogP contribution >= 0.6 is 0 Å². The van der Waals surface area contributed by atoms with E-state index in [0.717, 1.165) is 31.7 Å². The van der Waals surface area contributed by atoms with Gasteiger partial charge in [0.2, 0.25) is 5.91 Å². The molecule has 1 atom stereocenters. The van der Waals surface area contributed by atoms with Crippen molar-refractivity contribution in [2.75, 3.05) is 24.5 Å². The fourth-order valence-electron chi connectivity index (χ4n) is 2.93. The molecule has 0 saturated carbocycles. The summed E-state index contributed by atoms with van der Waals surface area (Å²) in [5, 5.41) is 3.42. The van der Waals surface area contributed by atoms with E-state index in [1.54, 1.807) is 0 Å². The number of piperidine rings is 1. The monoisotopic (exact) mass is 274 g/mol. The molecule has 3 nitrogen and oxygen atoms in total. The summed E-state index contributed by atoms with van der Waals surface area (Å²) in [5.74, 6) is 0.924. The Bertz CT molecular complexity index is 438. The van der Waals surface area contributed by atoms with E-state index in [4.69, 9.17) is 0 Å². The van der Waals surface area contributed by atoms with Gasteiger partial charge >= 0.3 is 0 Å². The van der Waals surface area contributed by atoms with Crippen molar-refractivity contribution in [3.8, 4) is 0 Å². The van der Waals surface area contributed by atoms with Crippen molar-refractivity contribution >= 4 is 11.6 Å². The molecule has 0 spiro atoms. The SMILES string of the molecule is CCN(C(=O)CCC1CCCNC1)c1cccc(C)c1. The van der Waals surface area contributed by atoms with Crippen molar-refractivity contribution in [3.05, 3.63) is 29.8 Å². The van der Waals surface area contributed by atoms with Crippen LogP contribution in [0.3, 0.4) is 0 Å². The normalized spacial score (nSPS) is 18.8. The van der Waals surface area contributed by atoms with Crippen LogP contribution in [0.4, 0.5) is 5.69 Å². The number of carbonyl (C=O) groups is 1. The Morgan fingerprint density at radius 3 is 2.95 bits per heavy atom. The number of benzene rings is 1. The highest BCUT2D eigenvalue weighted by molar-refractivity contribution is 5.93. The van der Waals surface area contributed by atoms with Crippen molar-refractivity contribution in [1.29, 1.82) is 0 Å². The maximum Gasteiger partial charge on any atom is 0.226 e. The van der Waals surface area contributed by atoms with Gasteiger partial charge in [0.25, 0.3) is 0 Å². The highest BCUT2D eigenvalue weighted by Gasteiger charge is 2.18. The second-order valence-electron chi connectivity index (χ2n) is 5.73. The van der Waals surface area contributed by atoms with Crippen LogP contribution in [-0.4, -0.2) is 25.5 Å². The number of nitrogens with zero attached hydrogens (tertiary/aromatic N) is 1. The van der Waals surface area contributed by atoms with Gasteiger partial charge in [-0.1, -0.05) is 12.1 Å². The average molecular weight is 274 g/mol. The summed E-state index contributed by atoms with van der Waals surface area (Å²) < 4.78 is 0. The van der Waals surface area contributed by atoms with Crippen LogP contribution in [0, 0.1) is 12.8 Å². The first-order chi connectivity index (χ1) is 9.70. The zero-order valence-corrected chi connectivity index (χ0v) is 12.7. The molecule has 0 bridgehead atoms. The van der Waals surface area contributed by atoms with Crippen LogP contribution in [0.2, 0.25) is 0 Å². The number of anilines is 1. The van der Waals surface area contributed by atoms with Gasteiger partial charge in [-0.3, -0.25) is 4.79 Å². The second kappa shape index (κ2) is 7.44. The Kier molecular flexibility index (Phi) is 5.60. The number of carbonyl (C=O) groups excluding carboxylic acids is 1. The van der Waals surface area contributed by atoms with Crippen molar-refractivity contribution in [2.45, 2.75) is 39.5 Å². The Balaban J connectivity index is 1.91. The van der Waals surface area contributed by atoms with Crippen LogP contribution in [0.15, 0.2) is 24.3 Å². The lowest BCUT2D eigenvalue weighted by atomic mass is 9.94. The molecule has 110 valence electrons. The van der Waals surface area contributed by atoms with Gasteiger partial charge in [-0.05, 0) is 69.8 Å². The topological polar surface area (TPSA) is 32.3 Å². The largest absolute Gasteiger partial charge is 0.316 e. The van der Waals surface area contributed by atoms with Crippen molar-refractivity contribution in [2.24, 2.45) is 5.92 Å². The molecule has 1 aromatic carbocycles. The fraction of sp³-hybridized carbons (Fsp3) is 0.588. The summed E-state index contributed by atoms with van der Waals surface area (Å²) in [5.41, 5.74) is 2.23. The molecule has 0 aromatic heterocycles. The van der Waals surface area contributed by atoms with E-state index in [1.807, 2.05) is 24.0 Å². The van der Waals surface area contributed by atoms with Crippen LogP contribution in [0.25, 0.3) is 0 Å². The first-order valence-corrected chi connectivity index (χ1v) is 7.78. The summed E-state index contributed by atoms with van der Waals surface area (Å²) in [6.07, 6.45) is 4.17. The third-order valence-electron chi connectivity index (χ3n) is 4.10. The van der Waals surface area contributed by atoms with E-state index in [2.05, 4.69) is 24.4 Å². The number of aryl methyl sites for hydroxylation is 1. The zero-order chi connectivity index (χ0) is 14.4. The Hall–Kier alpha value is -1.35. The lowest BCUT2D eigenvalue weighted by Gasteiger charge is -2.25. The highest BCUT2D eigenvalue weighted by atomic mass is 16.2. The molecule has 0 radical (unpaired) electrons. The molecular formula is C17H26N2O. The second-order valence-corrected chi connectivity index (χ2v) is 5.73. The molecule has 1 saturated heterocycles. The van der Waals surface area contributed by atoms with E-state index in [0.29, 0.717) is 12.3 Å². The van der Waals surface area contributed by atoms with Gasteiger partial charge in [0.05, 0.1) is 0 Å². The number of nitrogens with one attached hydrogen (secondary N) is 1. The molecule has 0 aliphatic carbocycles. The van der Waals surface area contributed by atoms with Crippen molar-refractivity contribution in [1.82, 2.24) is 5.32 Å². The maximum atomic E-state index is 12.4. The van der Waals surface area contributed by atoms with Gasteiger partial charge < -0.3 is 10.2 Å². The minimum Gasteiger partial charge on any atom is -0.316 e. The van der Waals surface area contributed by atoms with Gasteiger partial charge in [0.15, 0.2) is 0 Å². The number of amides is 1. The molecule has 1 aliphatic heterocycles. The fourth-order valence-corrected chi connectivity index (χ4v) is 2.93. The summed E-state index contributed by atoms with van der Waals surface area (Å²) in [7, 11) is 0. The average Bonchev–Trinajstić information content (AvgIpc) is 2.47.